The molecule has 1 saturated heterocycles. The summed E-state index contributed by atoms with van der Waals surface area (Å²) in [5, 5.41) is 0. The molecule has 0 amide bonds. The van der Waals surface area contributed by atoms with E-state index in [4.69, 9.17) is 0 Å². The molecule has 0 aliphatic carbocycles. The van der Waals surface area contributed by atoms with Crippen molar-refractivity contribution in [1.82, 2.24) is 23.7 Å². The molecule has 0 atom stereocenters. The number of rotatable bonds is 6. The number of pyridine rings is 1. The fraction of sp³-hybridized carbons (Fsp3) is 0.192. The standard InChI is InChI=1S/C26H25N5O3S/c1-29-14-16-31(17-15-29)35(33,34)24-9-6-21(7-10-24)20-2-4-22(5-3-20)26(32)23-8-11-25(28-18-23)30-13-12-27-19-30/h2-13,18-19H,14-17H2,1H3. The number of nitrogens with zero attached hydrogens (tertiary/aromatic N) is 5. The molecular formula is C26H25N5O3S. The minimum Gasteiger partial charge on any atom is -0.304 e. The summed E-state index contributed by atoms with van der Waals surface area (Å²) in [5.41, 5.74) is 2.84. The Kier molecular flexibility index (Phi) is 6.29. The number of carbonyl (C=O) groups excluding carboxylic acids is 1. The summed E-state index contributed by atoms with van der Waals surface area (Å²) >= 11 is 0. The highest BCUT2D eigenvalue weighted by atomic mass is 32.2. The first-order chi connectivity index (χ1) is 16.9. The number of hydrogen-bond donors (Lipinski definition) is 0. The molecule has 4 aromatic rings. The largest absolute Gasteiger partial charge is 0.304 e. The van der Waals surface area contributed by atoms with Gasteiger partial charge in [0.2, 0.25) is 10.0 Å². The molecule has 35 heavy (non-hydrogen) atoms. The quantitative estimate of drug-likeness (QED) is 0.389. The van der Waals surface area contributed by atoms with Crippen molar-refractivity contribution in [3.8, 4) is 16.9 Å². The third-order valence-corrected chi connectivity index (χ3v) is 8.13. The van der Waals surface area contributed by atoms with Crippen molar-refractivity contribution in [1.29, 1.82) is 0 Å². The van der Waals surface area contributed by atoms with Gasteiger partial charge in [0.15, 0.2) is 5.78 Å². The van der Waals surface area contributed by atoms with E-state index in [9.17, 15) is 13.2 Å². The molecule has 2 aromatic carbocycles. The van der Waals surface area contributed by atoms with E-state index < -0.39 is 10.0 Å². The van der Waals surface area contributed by atoms with Gasteiger partial charge < -0.3 is 4.90 Å². The summed E-state index contributed by atoms with van der Waals surface area (Å²) in [6, 6.07) is 17.7. The zero-order valence-corrected chi connectivity index (χ0v) is 20.1. The Morgan fingerprint density at radius 2 is 1.46 bits per heavy atom. The van der Waals surface area contributed by atoms with E-state index in [1.165, 1.54) is 0 Å². The zero-order valence-electron chi connectivity index (χ0n) is 19.3. The van der Waals surface area contributed by atoms with Crippen LogP contribution in [-0.4, -0.2) is 71.2 Å². The van der Waals surface area contributed by atoms with E-state index in [-0.39, 0.29) is 5.78 Å². The Hall–Kier alpha value is -3.66. The van der Waals surface area contributed by atoms with E-state index in [1.807, 2.05) is 19.2 Å². The highest BCUT2D eigenvalue weighted by Gasteiger charge is 2.27. The van der Waals surface area contributed by atoms with Crippen molar-refractivity contribution in [2.45, 2.75) is 4.90 Å². The second-order valence-electron chi connectivity index (χ2n) is 8.51. The molecule has 8 nitrogen and oxygen atoms in total. The summed E-state index contributed by atoms with van der Waals surface area (Å²) in [4.78, 5) is 23.6. The lowest BCUT2D eigenvalue weighted by Gasteiger charge is -2.31. The lowest BCUT2D eigenvalue weighted by molar-refractivity contribution is 0.103. The Morgan fingerprint density at radius 3 is 2.03 bits per heavy atom. The normalized spacial score (nSPS) is 15.2. The van der Waals surface area contributed by atoms with Crippen molar-refractivity contribution in [2.24, 2.45) is 0 Å². The van der Waals surface area contributed by atoms with Gasteiger partial charge in [-0.1, -0.05) is 36.4 Å². The van der Waals surface area contributed by atoms with Crippen LogP contribution in [-0.2, 0) is 10.0 Å². The van der Waals surface area contributed by atoms with Crippen LogP contribution < -0.4 is 0 Å². The van der Waals surface area contributed by atoms with Gasteiger partial charge in [-0.2, -0.15) is 4.31 Å². The van der Waals surface area contributed by atoms with Crippen molar-refractivity contribution < 1.29 is 13.2 Å². The second-order valence-corrected chi connectivity index (χ2v) is 10.5. The number of likely N-dealkylation sites (N-methyl/N-ethyl adjacent to an activating group) is 1. The second kappa shape index (κ2) is 9.53. The Balaban J connectivity index is 1.29. The number of imidazole rings is 1. The van der Waals surface area contributed by atoms with Gasteiger partial charge in [0.1, 0.15) is 12.1 Å². The van der Waals surface area contributed by atoms with Gasteiger partial charge in [-0.15, -0.1) is 0 Å². The van der Waals surface area contributed by atoms with Crippen molar-refractivity contribution >= 4 is 15.8 Å². The van der Waals surface area contributed by atoms with Crippen LogP contribution in [0, 0.1) is 0 Å². The van der Waals surface area contributed by atoms with Crippen LogP contribution in [0.4, 0.5) is 0 Å². The number of carbonyl (C=O) groups is 1. The third-order valence-electron chi connectivity index (χ3n) is 6.21. The summed E-state index contributed by atoms with van der Waals surface area (Å²) in [6.07, 6.45) is 6.67. The van der Waals surface area contributed by atoms with Crippen molar-refractivity contribution in [3.63, 3.8) is 0 Å². The SMILES string of the molecule is CN1CCN(S(=O)(=O)c2ccc(-c3ccc(C(=O)c4ccc(-n5ccnc5)nc4)cc3)cc2)CC1. The number of ketones is 1. The summed E-state index contributed by atoms with van der Waals surface area (Å²) in [6.45, 7) is 2.45. The smallest absolute Gasteiger partial charge is 0.243 e. The molecule has 0 unspecified atom stereocenters. The molecule has 178 valence electrons. The number of sulfonamides is 1. The first-order valence-corrected chi connectivity index (χ1v) is 12.7. The van der Waals surface area contributed by atoms with Gasteiger partial charge in [-0.3, -0.25) is 9.36 Å². The first-order valence-electron chi connectivity index (χ1n) is 11.3. The highest BCUT2D eigenvalue weighted by molar-refractivity contribution is 7.89. The molecule has 1 fully saturated rings. The van der Waals surface area contributed by atoms with E-state index in [0.29, 0.717) is 34.9 Å². The molecule has 3 heterocycles. The topological polar surface area (TPSA) is 88.4 Å². The van der Waals surface area contributed by atoms with Crippen molar-refractivity contribution in [2.75, 3.05) is 33.2 Å². The van der Waals surface area contributed by atoms with Crippen LogP contribution in [0.1, 0.15) is 15.9 Å². The molecule has 1 aliphatic heterocycles. The van der Waals surface area contributed by atoms with E-state index in [0.717, 1.165) is 24.2 Å². The molecule has 0 spiro atoms. The average Bonchev–Trinajstić information content (AvgIpc) is 3.44. The fourth-order valence-electron chi connectivity index (χ4n) is 4.05. The van der Waals surface area contributed by atoms with Crippen molar-refractivity contribution in [3.05, 3.63) is 96.7 Å². The predicted molar refractivity (Wildman–Crippen MR) is 133 cm³/mol. The van der Waals surface area contributed by atoms with Crippen LogP contribution in [0.15, 0.2) is 90.5 Å². The van der Waals surface area contributed by atoms with Crippen LogP contribution in [0.5, 0.6) is 0 Å². The minimum atomic E-state index is -3.50. The van der Waals surface area contributed by atoms with Gasteiger partial charge in [0.25, 0.3) is 0 Å². The maximum atomic E-state index is 12.9. The van der Waals surface area contributed by atoms with E-state index >= 15 is 0 Å². The van der Waals surface area contributed by atoms with Gasteiger partial charge in [-0.25, -0.2) is 18.4 Å². The summed E-state index contributed by atoms with van der Waals surface area (Å²) < 4.78 is 29.2. The molecule has 9 heteroatoms. The molecule has 0 bridgehead atoms. The minimum absolute atomic E-state index is 0.116. The number of hydrogen-bond acceptors (Lipinski definition) is 6. The van der Waals surface area contributed by atoms with Gasteiger partial charge >= 0.3 is 0 Å². The molecule has 2 aromatic heterocycles. The molecule has 5 rings (SSSR count). The monoisotopic (exact) mass is 487 g/mol. The maximum absolute atomic E-state index is 12.9. The molecular weight excluding hydrogens is 462 g/mol. The van der Waals surface area contributed by atoms with Crippen LogP contribution in [0.3, 0.4) is 0 Å². The summed E-state index contributed by atoms with van der Waals surface area (Å²) in [7, 11) is -1.51. The molecule has 0 radical (unpaired) electrons. The highest BCUT2D eigenvalue weighted by Crippen LogP contribution is 2.24. The third kappa shape index (κ3) is 4.79. The van der Waals surface area contributed by atoms with E-state index in [2.05, 4.69) is 14.9 Å². The lowest BCUT2D eigenvalue weighted by atomic mass is 10.0. The lowest BCUT2D eigenvalue weighted by Crippen LogP contribution is -2.46. The predicted octanol–water partition coefficient (Wildman–Crippen LogP) is 3.10. The van der Waals surface area contributed by atoms with Crippen LogP contribution in [0.2, 0.25) is 0 Å². The van der Waals surface area contributed by atoms with Gasteiger partial charge in [0, 0.05) is 55.9 Å². The number of benzene rings is 2. The van der Waals surface area contributed by atoms with Gasteiger partial charge in [0.05, 0.1) is 4.90 Å². The van der Waals surface area contributed by atoms with Gasteiger partial charge in [-0.05, 0) is 42.4 Å². The molecule has 1 aliphatic rings. The maximum Gasteiger partial charge on any atom is 0.243 e. The zero-order chi connectivity index (χ0) is 24.4. The fourth-order valence-corrected chi connectivity index (χ4v) is 5.47. The number of aromatic nitrogens is 3. The first kappa shape index (κ1) is 23.1. The van der Waals surface area contributed by atoms with Crippen LogP contribution in [0.25, 0.3) is 16.9 Å². The average molecular weight is 488 g/mol. The number of piperazine rings is 1. The summed E-state index contributed by atoms with van der Waals surface area (Å²) in [5.74, 6) is 0.572. The molecule has 0 N–H and O–H groups in total. The van der Waals surface area contributed by atoms with Crippen LogP contribution >= 0.6 is 0 Å². The Bertz CT molecular complexity index is 1410. The Labute approximate surface area is 204 Å². The Morgan fingerprint density at radius 1 is 0.829 bits per heavy atom. The van der Waals surface area contributed by atoms with E-state index in [1.54, 1.807) is 82.3 Å². The molecule has 0 saturated carbocycles.